The summed E-state index contributed by atoms with van der Waals surface area (Å²) in [4.78, 5) is 22.2. The first-order chi connectivity index (χ1) is 8.92. The fourth-order valence-corrected chi connectivity index (χ4v) is 1.45. The summed E-state index contributed by atoms with van der Waals surface area (Å²) in [6, 6.07) is -1.27. The summed E-state index contributed by atoms with van der Waals surface area (Å²) in [5, 5.41) is 13.5. The van der Waals surface area contributed by atoms with Gasteiger partial charge in [0.15, 0.2) is 0 Å². The molecule has 0 fully saturated rings. The van der Waals surface area contributed by atoms with Crippen molar-refractivity contribution in [2.45, 2.75) is 52.3 Å². The Morgan fingerprint density at radius 2 is 1.75 bits per heavy atom. The van der Waals surface area contributed by atoms with Crippen LogP contribution in [-0.4, -0.2) is 35.9 Å². The molecule has 1 unspecified atom stereocenters. The van der Waals surface area contributed by atoms with Crippen molar-refractivity contribution in [2.24, 2.45) is 5.41 Å². The standard InChI is InChI=1S/C12H21F3N2O3/c1-11(2,3)8(7-9(18)19)17-10(20)16-6-4-5-12(13,14)15/h8H,4-7H2,1-3H3,(H,18,19)(H2,16,17,20). The number of rotatable bonds is 6. The van der Waals surface area contributed by atoms with E-state index in [1.54, 1.807) is 20.8 Å². The van der Waals surface area contributed by atoms with Gasteiger partial charge in [-0.05, 0) is 11.8 Å². The smallest absolute Gasteiger partial charge is 0.389 e. The quantitative estimate of drug-likeness (QED) is 0.659. The van der Waals surface area contributed by atoms with Gasteiger partial charge in [0, 0.05) is 19.0 Å². The first-order valence-corrected chi connectivity index (χ1v) is 6.25. The van der Waals surface area contributed by atoms with Crippen molar-refractivity contribution in [3.8, 4) is 0 Å². The number of alkyl halides is 3. The molecule has 0 saturated carbocycles. The lowest BCUT2D eigenvalue weighted by molar-refractivity contribution is -0.138. The molecule has 0 aliphatic heterocycles. The highest BCUT2D eigenvalue weighted by molar-refractivity contribution is 5.75. The normalized spacial score (nSPS) is 13.7. The summed E-state index contributed by atoms with van der Waals surface area (Å²) in [5.41, 5.74) is -0.471. The average molecular weight is 298 g/mol. The molecule has 0 aliphatic carbocycles. The van der Waals surface area contributed by atoms with E-state index < -0.39 is 36.1 Å². The lowest BCUT2D eigenvalue weighted by atomic mass is 9.85. The molecule has 0 rings (SSSR count). The Bertz CT molecular complexity index is 338. The SMILES string of the molecule is CC(C)(C)C(CC(=O)O)NC(=O)NCCCC(F)(F)F. The number of hydrogen-bond donors (Lipinski definition) is 3. The fourth-order valence-electron chi connectivity index (χ4n) is 1.45. The van der Waals surface area contributed by atoms with E-state index in [1.807, 2.05) is 0 Å². The van der Waals surface area contributed by atoms with E-state index in [0.717, 1.165) is 0 Å². The maximum atomic E-state index is 11.9. The van der Waals surface area contributed by atoms with Crippen molar-refractivity contribution in [2.75, 3.05) is 6.54 Å². The number of carboxylic acid groups (broad SMARTS) is 1. The number of amides is 2. The minimum Gasteiger partial charge on any atom is -0.481 e. The van der Waals surface area contributed by atoms with Crippen LogP contribution < -0.4 is 10.6 Å². The van der Waals surface area contributed by atoms with Crippen LogP contribution in [0.25, 0.3) is 0 Å². The van der Waals surface area contributed by atoms with Crippen molar-refractivity contribution < 1.29 is 27.9 Å². The lowest BCUT2D eigenvalue weighted by Crippen LogP contribution is -2.49. The average Bonchev–Trinajstić information content (AvgIpc) is 2.20. The van der Waals surface area contributed by atoms with E-state index >= 15 is 0 Å². The van der Waals surface area contributed by atoms with Crippen LogP contribution in [0, 0.1) is 5.41 Å². The highest BCUT2D eigenvalue weighted by Crippen LogP contribution is 2.22. The van der Waals surface area contributed by atoms with Gasteiger partial charge in [-0.3, -0.25) is 4.79 Å². The molecule has 0 bridgehead atoms. The molecule has 0 spiro atoms. The van der Waals surface area contributed by atoms with E-state index in [9.17, 15) is 22.8 Å². The molecule has 0 aromatic carbocycles. The number of urea groups is 1. The number of hydrogen-bond acceptors (Lipinski definition) is 2. The zero-order chi connectivity index (χ0) is 16.0. The monoisotopic (exact) mass is 298 g/mol. The van der Waals surface area contributed by atoms with Crippen LogP contribution in [0.2, 0.25) is 0 Å². The zero-order valence-electron chi connectivity index (χ0n) is 11.8. The third-order valence-corrected chi connectivity index (χ3v) is 2.65. The van der Waals surface area contributed by atoms with Crippen LogP contribution in [0.15, 0.2) is 0 Å². The molecule has 0 heterocycles. The van der Waals surface area contributed by atoms with Crippen LogP contribution in [-0.2, 0) is 4.79 Å². The number of nitrogens with one attached hydrogen (secondary N) is 2. The minimum atomic E-state index is -4.24. The highest BCUT2D eigenvalue weighted by atomic mass is 19.4. The van der Waals surface area contributed by atoms with E-state index in [2.05, 4.69) is 10.6 Å². The van der Waals surface area contributed by atoms with E-state index in [4.69, 9.17) is 5.11 Å². The van der Waals surface area contributed by atoms with Gasteiger partial charge in [-0.25, -0.2) is 4.79 Å². The first kappa shape index (κ1) is 18.5. The molecule has 20 heavy (non-hydrogen) atoms. The minimum absolute atomic E-state index is 0.116. The summed E-state index contributed by atoms with van der Waals surface area (Å²) in [5.74, 6) is -1.05. The third kappa shape index (κ3) is 9.46. The van der Waals surface area contributed by atoms with Gasteiger partial charge in [0.25, 0.3) is 0 Å². The second-order valence-electron chi connectivity index (χ2n) is 5.64. The van der Waals surface area contributed by atoms with Crippen molar-refractivity contribution in [1.29, 1.82) is 0 Å². The third-order valence-electron chi connectivity index (χ3n) is 2.65. The molecule has 0 radical (unpaired) electrons. The Morgan fingerprint density at radius 1 is 1.20 bits per heavy atom. The van der Waals surface area contributed by atoms with Gasteiger partial charge in [-0.2, -0.15) is 13.2 Å². The van der Waals surface area contributed by atoms with Crippen LogP contribution in [0.1, 0.15) is 40.0 Å². The molecule has 0 aromatic rings. The summed E-state index contributed by atoms with van der Waals surface area (Å²) in [7, 11) is 0. The zero-order valence-corrected chi connectivity index (χ0v) is 11.8. The lowest BCUT2D eigenvalue weighted by Gasteiger charge is -2.30. The van der Waals surface area contributed by atoms with E-state index in [0.29, 0.717) is 0 Å². The second kappa shape index (κ2) is 7.35. The number of halogens is 3. The molecule has 2 amide bonds. The summed E-state index contributed by atoms with van der Waals surface area (Å²) < 4.78 is 35.7. The molecule has 0 aliphatic rings. The Labute approximate surface area is 115 Å². The molecule has 118 valence electrons. The van der Waals surface area contributed by atoms with Crippen molar-refractivity contribution >= 4 is 12.0 Å². The predicted molar refractivity (Wildman–Crippen MR) is 67.3 cm³/mol. The molecule has 8 heteroatoms. The number of carboxylic acids is 1. The van der Waals surface area contributed by atoms with Crippen molar-refractivity contribution in [1.82, 2.24) is 10.6 Å². The van der Waals surface area contributed by atoms with Gasteiger partial charge in [0.05, 0.1) is 6.42 Å². The van der Waals surface area contributed by atoms with E-state index in [-0.39, 0.29) is 19.4 Å². The maximum Gasteiger partial charge on any atom is 0.389 e. The number of carbonyl (C=O) groups is 2. The summed E-state index contributed by atoms with van der Waals surface area (Å²) >= 11 is 0. The Hall–Kier alpha value is -1.47. The van der Waals surface area contributed by atoms with Crippen LogP contribution in [0.4, 0.5) is 18.0 Å². The van der Waals surface area contributed by atoms with Gasteiger partial charge in [0.1, 0.15) is 0 Å². The molecular weight excluding hydrogens is 277 g/mol. The predicted octanol–water partition coefficient (Wildman–Crippen LogP) is 2.52. The van der Waals surface area contributed by atoms with Crippen LogP contribution in [0.5, 0.6) is 0 Å². The Kier molecular flexibility index (Phi) is 6.81. The number of carbonyl (C=O) groups excluding carboxylic acids is 1. The molecule has 0 saturated heterocycles. The maximum absolute atomic E-state index is 11.9. The van der Waals surface area contributed by atoms with Gasteiger partial charge < -0.3 is 15.7 Å². The second-order valence-corrected chi connectivity index (χ2v) is 5.64. The fraction of sp³-hybridized carbons (Fsp3) is 0.833. The Balaban J connectivity index is 4.17. The van der Waals surface area contributed by atoms with Crippen LogP contribution in [0.3, 0.4) is 0 Å². The van der Waals surface area contributed by atoms with Gasteiger partial charge in [0.2, 0.25) is 0 Å². The highest BCUT2D eigenvalue weighted by Gasteiger charge is 2.29. The molecule has 5 nitrogen and oxygen atoms in total. The molecule has 1 atom stereocenters. The van der Waals surface area contributed by atoms with Gasteiger partial charge >= 0.3 is 18.2 Å². The summed E-state index contributed by atoms with van der Waals surface area (Å²) in [6.07, 6.45) is -5.67. The van der Waals surface area contributed by atoms with Gasteiger partial charge in [-0.15, -0.1) is 0 Å². The molecule has 3 N–H and O–H groups in total. The Morgan fingerprint density at radius 3 is 2.15 bits per heavy atom. The summed E-state index contributed by atoms with van der Waals surface area (Å²) in [6.45, 7) is 5.19. The molecule has 0 aromatic heterocycles. The van der Waals surface area contributed by atoms with Gasteiger partial charge in [-0.1, -0.05) is 20.8 Å². The number of aliphatic carboxylic acids is 1. The largest absolute Gasteiger partial charge is 0.481 e. The molecular formula is C12H21F3N2O3. The first-order valence-electron chi connectivity index (χ1n) is 6.25. The van der Waals surface area contributed by atoms with Crippen LogP contribution >= 0.6 is 0 Å². The van der Waals surface area contributed by atoms with Crippen molar-refractivity contribution in [3.63, 3.8) is 0 Å². The topological polar surface area (TPSA) is 78.4 Å². The van der Waals surface area contributed by atoms with Crippen molar-refractivity contribution in [3.05, 3.63) is 0 Å². The van der Waals surface area contributed by atoms with E-state index in [1.165, 1.54) is 0 Å².